The summed E-state index contributed by atoms with van der Waals surface area (Å²) in [6.45, 7) is 5.30. The third-order valence-electron chi connectivity index (χ3n) is 1.99. The number of hydrogen-bond donors (Lipinski definition) is 1. The summed E-state index contributed by atoms with van der Waals surface area (Å²) in [5.74, 6) is 0.433. The van der Waals surface area contributed by atoms with E-state index in [1.165, 1.54) is 0 Å². The van der Waals surface area contributed by atoms with Crippen LogP contribution in [0.25, 0.3) is 0 Å². The van der Waals surface area contributed by atoms with Gasteiger partial charge in [-0.05, 0) is 38.3 Å². The number of hydrogen-bond acceptors (Lipinski definition) is 6. The van der Waals surface area contributed by atoms with Crippen LogP contribution in [0.4, 0.5) is 5.95 Å². The Kier molecular flexibility index (Phi) is 6.67. The summed E-state index contributed by atoms with van der Waals surface area (Å²) in [6.07, 6.45) is 1.95. The molecule has 1 N–H and O–H groups in total. The third kappa shape index (κ3) is 5.97. The van der Waals surface area contributed by atoms with Crippen molar-refractivity contribution in [3.05, 3.63) is 5.28 Å². The maximum Gasteiger partial charge on any atom is 0.322 e. The van der Waals surface area contributed by atoms with Gasteiger partial charge in [0, 0.05) is 20.3 Å². The quantitative estimate of drug-likeness (QED) is 0.733. The van der Waals surface area contributed by atoms with Gasteiger partial charge in [0.15, 0.2) is 0 Å². The molecule has 6 nitrogen and oxygen atoms in total. The van der Waals surface area contributed by atoms with Gasteiger partial charge in [0.05, 0.1) is 6.10 Å². The van der Waals surface area contributed by atoms with Gasteiger partial charge in [-0.3, -0.25) is 0 Å². The first-order valence-corrected chi connectivity index (χ1v) is 6.30. The second-order valence-corrected chi connectivity index (χ2v) is 4.34. The van der Waals surface area contributed by atoms with Crippen LogP contribution in [-0.4, -0.2) is 41.3 Å². The number of aromatic nitrogens is 3. The number of nitrogens with zero attached hydrogens (tertiary/aromatic N) is 3. The summed E-state index contributed by atoms with van der Waals surface area (Å²) in [7, 11) is 1.69. The fraction of sp³-hybridized carbons (Fsp3) is 0.727. The minimum Gasteiger partial charge on any atom is -0.461 e. The van der Waals surface area contributed by atoms with Gasteiger partial charge in [0.25, 0.3) is 0 Å². The number of halogens is 1. The van der Waals surface area contributed by atoms with E-state index >= 15 is 0 Å². The van der Waals surface area contributed by atoms with Crippen molar-refractivity contribution in [1.82, 2.24) is 15.0 Å². The standard InChI is InChI=1S/C11H19ClN4O2/c1-8(2)18-11-15-9(12)14-10(16-11)13-6-4-5-7-17-3/h8H,4-7H2,1-3H3,(H,13,14,15,16). The SMILES string of the molecule is COCCCCNc1nc(Cl)nc(OC(C)C)n1. The van der Waals surface area contributed by atoms with E-state index in [1.54, 1.807) is 7.11 Å². The number of methoxy groups -OCH3 is 1. The zero-order valence-corrected chi connectivity index (χ0v) is 11.7. The van der Waals surface area contributed by atoms with E-state index < -0.39 is 0 Å². The monoisotopic (exact) mass is 274 g/mol. The normalized spacial score (nSPS) is 10.7. The summed E-state index contributed by atoms with van der Waals surface area (Å²) in [5.41, 5.74) is 0. The van der Waals surface area contributed by atoms with Gasteiger partial charge >= 0.3 is 6.01 Å². The van der Waals surface area contributed by atoms with Crippen LogP contribution in [0.15, 0.2) is 0 Å². The van der Waals surface area contributed by atoms with Gasteiger partial charge in [-0.1, -0.05) is 0 Å². The Morgan fingerprint density at radius 1 is 1.22 bits per heavy atom. The minimum atomic E-state index is -0.00183. The van der Waals surface area contributed by atoms with E-state index in [1.807, 2.05) is 13.8 Å². The highest BCUT2D eigenvalue weighted by Gasteiger charge is 2.07. The lowest BCUT2D eigenvalue weighted by atomic mass is 10.3. The molecule has 0 bridgehead atoms. The molecule has 0 aromatic carbocycles. The molecule has 1 aromatic heterocycles. The largest absolute Gasteiger partial charge is 0.461 e. The molecular formula is C11H19ClN4O2. The van der Waals surface area contributed by atoms with Gasteiger partial charge in [0.1, 0.15) is 0 Å². The van der Waals surface area contributed by atoms with Crippen LogP contribution < -0.4 is 10.1 Å². The van der Waals surface area contributed by atoms with E-state index in [9.17, 15) is 0 Å². The highest BCUT2D eigenvalue weighted by atomic mass is 35.5. The summed E-state index contributed by atoms with van der Waals surface area (Å²) in [4.78, 5) is 12.0. The van der Waals surface area contributed by atoms with E-state index in [0.29, 0.717) is 5.95 Å². The van der Waals surface area contributed by atoms with E-state index in [-0.39, 0.29) is 17.4 Å². The topological polar surface area (TPSA) is 69.2 Å². The van der Waals surface area contributed by atoms with Crippen molar-refractivity contribution >= 4 is 17.5 Å². The van der Waals surface area contributed by atoms with Crippen molar-refractivity contribution in [2.75, 3.05) is 25.6 Å². The molecule has 0 aliphatic heterocycles. The first kappa shape index (κ1) is 14.9. The zero-order chi connectivity index (χ0) is 13.4. The molecular weight excluding hydrogens is 256 g/mol. The maximum absolute atomic E-state index is 5.79. The molecule has 0 aliphatic carbocycles. The van der Waals surface area contributed by atoms with Gasteiger partial charge in [-0.2, -0.15) is 15.0 Å². The summed E-state index contributed by atoms with van der Waals surface area (Å²) < 4.78 is 10.3. The molecule has 102 valence electrons. The predicted octanol–water partition coefficient (Wildman–Crippen LogP) is 2.15. The minimum absolute atomic E-state index is 0.00183. The Morgan fingerprint density at radius 2 is 2.00 bits per heavy atom. The molecule has 1 rings (SSSR count). The summed E-state index contributed by atoms with van der Waals surface area (Å²) >= 11 is 5.79. The number of unbranched alkanes of at least 4 members (excludes halogenated alkanes) is 1. The predicted molar refractivity (Wildman–Crippen MR) is 70.2 cm³/mol. The zero-order valence-electron chi connectivity index (χ0n) is 10.9. The fourth-order valence-electron chi connectivity index (χ4n) is 1.25. The molecule has 0 amide bonds. The van der Waals surface area contributed by atoms with Gasteiger partial charge in [-0.15, -0.1) is 0 Å². The first-order valence-electron chi connectivity index (χ1n) is 5.93. The van der Waals surface area contributed by atoms with E-state index in [0.717, 1.165) is 26.0 Å². The summed E-state index contributed by atoms with van der Waals surface area (Å²) in [5, 5.41) is 3.20. The molecule has 0 fully saturated rings. The number of rotatable bonds is 8. The molecule has 0 atom stereocenters. The Bertz CT molecular complexity index is 363. The van der Waals surface area contributed by atoms with Crippen LogP contribution in [0, 0.1) is 0 Å². The average Bonchev–Trinajstić information content (AvgIpc) is 2.27. The van der Waals surface area contributed by atoms with Crippen molar-refractivity contribution in [3.63, 3.8) is 0 Å². The molecule has 0 radical (unpaired) electrons. The Morgan fingerprint density at radius 3 is 2.67 bits per heavy atom. The molecule has 1 aromatic rings. The van der Waals surface area contributed by atoms with Gasteiger partial charge in [0.2, 0.25) is 11.2 Å². The Hall–Kier alpha value is -1.14. The van der Waals surface area contributed by atoms with Crippen molar-refractivity contribution in [2.45, 2.75) is 32.8 Å². The maximum atomic E-state index is 5.79. The number of nitrogens with one attached hydrogen (secondary N) is 1. The van der Waals surface area contributed by atoms with Gasteiger partial charge < -0.3 is 14.8 Å². The lowest BCUT2D eigenvalue weighted by Crippen LogP contribution is -2.12. The summed E-state index contributed by atoms with van der Waals surface area (Å²) in [6, 6.07) is 0.240. The second kappa shape index (κ2) is 8.05. The molecule has 18 heavy (non-hydrogen) atoms. The number of ether oxygens (including phenoxy) is 2. The molecule has 1 heterocycles. The van der Waals surface area contributed by atoms with Crippen LogP contribution in [0.2, 0.25) is 5.28 Å². The first-order chi connectivity index (χ1) is 8.61. The molecule has 0 aliphatic rings. The van der Waals surface area contributed by atoms with Crippen molar-refractivity contribution < 1.29 is 9.47 Å². The van der Waals surface area contributed by atoms with Crippen LogP contribution in [-0.2, 0) is 4.74 Å². The number of anilines is 1. The average molecular weight is 275 g/mol. The smallest absolute Gasteiger partial charge is 0.322 e. The Labute approximate surface area is 112 Å². The van der Waals surface area contributed by atoms with Gasteiger partial charge in [-0.25, -0.2) is 0 Å². The molecule has 0 saturated heterocycles. The lowest BCUT2D eigenvalue weighted by Gasteiger charge is -2.09. The molecule has 7 heteroatoms. The highest BCUT2D eigenvalue weighted by Crippen LogP contribution is 2.12. The second-order valence-electron chi connectivity index (χ2n) is 4.00. The fourth-order valence-corrected chi connectivity index (χ4v) is 1.40. The van der Waals surface area contributed by atoms with E-state index in [2.05, 4.69) is 20.3 Å². The van der Waals surface area contributed by atoms with Crippen LogP contribution in [0.5, 0.6) is 6.01 Å². The van der Waals surface area contributed by atoms with Crippen LogP contribution in [0.1, 0.15) is 26.7 Å². The van der Waals surface area contributed by atoms with Crippen molar-refractivity contribution in [2.24, 2.45) is 0 Å². The van der Waals surface area contributed by atoms with E-state index in [4.69, 9.17) is 21.1 Å². The van der Waals surface area contributed by atoms with Crippen LogP contribution in [0.3, 0.4) is 0 Å². The van der Waals surface area contributed by atoms with Crippen molar-refractivity contribution in [3.8, 4) is 6.01 Å². The third-order valence-corrected chi connectivity index (χ3v) is 2.16. The van der Waals surface area contributed by atoms with Crippen LogP contribution >= 0.6 is 11.6 Å². The van der Waals surface area contributed by atoms with Crippen molar-refractivity contribution in [1.29, 1.82) is 0 Å². The Balaban J connectivity index is 2.46. The molecule has 0 unspecified atom stereocenters. The molecule has 0 saturated carbocycles. The highest BCUT2D eigenvalue weighted by molar-refractivity contribution is 6.28. The molecule has 0 spiro atoms. The lowest BCUT2D eigenvalue weighted by molar-refractivity contribution is 0.193.